The van der Waals surface area contributed by atoms with Crippen molar-refractivity contribution in [1.82, 2.24) is 0 Å². The average molecular weight is 372 g/mol. The lowest BCUT2D eigenvalue weighted by molar-refractivity contribution is -0.393. The number of hydrogen-bond donors (Lipinski definition) is 2. The summed E-state index contributed by atoms with van der Waals surface area (Å²) in [6.45, 7) is 3.37. The summed E-state index contributed by atoms with van der Waals surface area (Å²) in [5.74, 6) is 0. The van der Waals surface area contributed by atoms with Gasteiger partial charge in [-0.2, -0.15) is 5.10 Å². The highest BCUT2D eigenvalue weighted by Crippen LogP contribution is 2.29. The normalized spacial score (nSPS) is 11.9. The number of rotatable bonds is 8. The third-order valence-electron chi connectivity index (χ3n) is 3.78. The van der Waals surface area contributed by atoms with Gasteiger partial charge in [-0.15, -0.1) is 0 Å². The van der Waals surface area contributed by atoms with Gasteiger partial charge in [-0.05, 0) is 38.3 Å². The van der Waals surface area contributed by atoms with Crippen molar-refractivity contribution in [2.24, 2.45) is 5.10 Å². The summed E-state index contributed by atoms with van der Waals surface area (Å²) in [5, 5.41) is 36.3. The Morgan fingerprint density at radius 2 is 1.78 bits per heavy atom. The van der Waals surface area contributed by atoms with Crippen molar-refractivity contribution in [3.8, 4) is 0 Å². The van der Waals surface area contributed by atoms with Crippen LogP contribution in [0.25, 0.3) is 0 Å². The van der Waals surface area contributed by atoms with Crippen LogP contribution in [0.2, 0.25) is 0 Å². The molecule has 142 valence electrons. The first kappa shape index (κ1) is 20.0. The fourth-order valence-corrected chi connectivity index (χ4v) is 2.33. The highest BCUT2D eigenvalue weighted by Gasteiger charge is 2.20. The molecule has 0 radical (unpaired) electrons. The van der Waals surface area contributed by atoms with Crippen molar-refractivity contribution in [3.05, 3.63) is 74.3 Å². The first-order chi connectivity index (χ1) is 12.7. The summed E-state index contributed by atoms with van der Waals surface area (Å²) in [6, 6.07) is 12.5. The van der Waals surface area contributed by atoms with Gasteiger partial charge in [0.2, 0.25) is 0 Å². The second kappa shape index (κ2) is 8.37. The highest BCUT2D eigenvalue weighted by molar-refractivity contribution is 6.01. The van der Waals surface area contributed by atoms with Gasteiger partial charge in [0.05, 0.1) is 27.2 Å². The van der Waals surface area contributed by atoms with Crippen LogP contribution in [0.15, 0.2) is 53.6 Å². The van der Waals surface area contributed by atoms with Crippen LogP contribution in [0.1, 0.15) is 32.3 Å². The molecule has 0 spiro atoms. The number of hydrogen-bond acceptors (Lipinski definition) is 7. The van der Waals surface area contributed by atoms with E-state index in [2.05, 4.69) is 10.5 Å². The molecule has 2 rings (SSSR count). The minimum absolute atomic E-state index is 0.0438. The van der Waals surface area contributed by atoms with Gasteiger partial charge < -0.3 is 5.11 Å². The Bertz CT molecular complexity index is 860. The first-order valence-electron chi connectivity index (χ1n) is 8.20. The van der Waals surface area contributed by atoms with Crippen molar-refractivity contribution < 1.29 is 15.0 Å². The van der Waals surface area contributed by atoms with Gasteiger partial charge in [0.1, 0.15) is 5.69 Å². The van der Waals surface area contributed by atoms with Crippen molar-refractivity contribution in [3.63, 3.8) is 0 Å². The average Bonchev–Trinajstić information content (AvgIpc) is 2.61. The third kappa shape index (κ3) is 5.86. The van der Waals surface area contributed by atoms with E-state index in [0.29, 0.717) is 18.6 Å². The molecule has 9 heteroatoms. The van der Waals surface area contributed by atoms with Crippen LogP contribution in [0.4, 0.5) is 17.1 Å². The molecule has 0 aromatic heterocycles. The van der Waals surface area contributed by atoms with Crippen molar-refractivity contribution >= 4 is 22.8 Å². The summed E-state index contributed by atoms with van der Waals surface area (Å²) in [4.78, 5) is 20.7. The minimum Gasteiger partial charge on any atom is -0.390 e. The third-order valence-corrected chi connectivity index (χ3v) is 3.78. The summed E-state index contributed by atoms with van der Waals surface area (Å²) in [6.07, 6.45) is 0.867. The van der Waals surface area contributed by atoms with Gasteiger partial charge in [0, 0.05) is 6.07 Å². The molecule has 0 aliphatic carbocycles. The second-order valence-corrected chi connectivity index (χ2v) is 6.56. The molecule has 0 heterocycles. The van der Waals surface area contributed by atoms with Gasteiger partial charge in [-0.25, -0.2) is 0 Å². The fourth-order valence-electron chi connectivity index (χ4n) is 2.33. The molecule has 2 aromatic rings. The van der Waals surface area contributed by atoms with E-state index >= 15 is 0 Å². The quantitative estimate of drug-likeness (QED) is 0.411. The number of nitrogens with one attached hydrogen (secondary N) is 1. The molecule has 9 nitrogen and oxygen atoms in total. The number of non-ortho nitro benzene ring substituents is 1. The predicted molar refractivity (Wildman–Crippen MR) is 102 cm³/mol. The molecule has 0 aliphatic heterocycles. The zero-order valence-corrected chi connectivity index (χ0v) is 15.0. The van der Waals surface area contributed by atoms with Crippen LogP contribution >= 0.6 is 0 Å². The summed E-state index contributed by atoms with van der Waals surface area (Å²) >= 11 is 0. The molecular weight excluding hydrogens is 352 g/mol. The summed E-state index contributed by atoms with van der Waals surface area (Å²) in [7, 11) is 0. The maximum absolute atomic E-state index is 11.2. The lowest BCUT2D eigenvalue weighted by atomic mass is 9.97. The fraction of sp³-hybridized carbons (Fsp3) is 0.278. The molecule has 0 fully saturated rings. The van der Waals surface area contributed by atoms with Gasteiger partial charge >= 0.3 is 5.69 Å². The number of benzene rings is 2. The Kier molecular flexibility index (Phi) is 6.19. The maximum Gasteiger partial charge on any atom is 0.301 e. The number of anilines is 1. The Morgan fingerprint density at radius 3 is 2.33 bits per heavy atom. The van der Waals surface area contributed by atoms with E-state index in [1.54, 1.807) is 13.8 Å². The topological polar surface area (TPSA) is 131 Å². The number of nitrogens with zero attached hydrogens (tertiary/aromatic N) is 3. The van der Waals surface area contributed by atoms with Crippen molar-refractivity contribution in [2.45, 2.75) is 32.3 Å². The van der Waals surface area contributed by atoms with Crippen LogP contribution in [-0.2, 0) is 0 Å². The zero-order valence-electron chi connectivity index (χ0n) is 15.0. The summed E-state index contributed by atoms with van der Waals surface area (Å²) in [5.41, 5.74) is 2.38. The molecule has 0 saturated heterocycles. The van der Waals surface area contributed by atoms with Crippen molar-refractivity contribution in [2.75, 3.05) is 5.43 Å². The van der Waals surface area contributed by atoms with Gasteiger partial charge in [0.25, 0.3) is 5.69 Å². The monoisotopic (exact) mass is 372 g/mol. The molecule has 2 N–H and O–H groups in total. The molecule has 0 atom stereocenters. The highest BCUT2D eigenvalue weighted by atomic mass is 16.6. The zero-order chi connectivity index (χ0) is 20.0. The number of nitro groups is 2. The van der Waals surface area contributed by atoms with E-state index in [9.17, 15) is 25.3 Å². The standard InChI is InChI=1S/C18H20N4O5/c1-18(2,23)11-10-15(13-6-4-3-5-7-13)19-20-16-9-8-14(21(24)25)12-17(16)22(26)27/h3-9,12,20,23H,10-11H2,1-2H3/b19-15+. The van der Waals surface area contributed by atoms with Crippen LogP contribution in [-0.4, -0.2) is 26.3 Å². The van der Waals surface area contributed by atoms with Gasteiger partial charge in [-0.1, -0.05) is 30.3 Å². The smallest absolute Gasteiger partial charge is 0.301 e. The number of nitro benzene ring substituents is 2. The predicted octanol–water partition coefficient (Wildman–Crippen LogP) is 3.87. The SMILES string of the molecule is CC(C)(O)CC/C(=N\Nc1ccc([N+](=O)[O-])cc1[N+](=O)[O-])c1ccccc1. The van der Waals surface area contributed by atoms with Crippen LogP contribution < -0.4 is 5.43 Å². The second-order valence-electron chi connectivity index (χ2n) is 6.56. The summed E-state index contributed by atoms with van der Waals surface area (Å²) < 4.78 is 0. The Morgan fingerprint density at radius 1 is 1.11 bits per heavy atom. The molecular formula is C18H20N4O5. The van der Waals surface area contributed by atoms with E-state index in [0.717, 1.165) is 11.6 Å². The van der Waals surface area contributed by atoms with Crippen LogP contribution in [0.5, 0.6) is 0 Å². The van der Waals surface area contributed by atoms with E-state index in [1.807, 2.05) is 30.3 Å². The molecule has 0 unspecified atom stereocenters. The molecule has 0 bridgehead atoms. The Hall–Kier alpha value is -3.33. The molecule has 0 amide bonds. The van der Waals surface area contributed by atoms with E-state index < -0.39 is 21.1 Å². The largest absolute Gasteiger partial charge is 0.390 e. The molecule has 0 saturated carbocycles. The minimum atomic E-state index is -0.894. The lowest BCUT2D eigenvalue weighted by Gasteiger charge is -2.17. The lowest BCUT2D eigenvalue weighted by Crippen LogP contribution is -2.20. The first-order valence-corrected chi connectivity index (χ1v) is 8.20. The number of hydrazone groups is 1. The van der Waals surface area contributed by atoms with E-state index in [4.69, 9.17) is 0 Å². The van der Waals surface area contributed by atoms with Crippen LogP contribution in [0, 0.1) is 20.2 Å². The van der Waals surface area contributed by atoms with E-state index in [-0.39, 0.29) is 11.4 Å². The Labute approximate surface area is 155 Å². The maximum atomic E-state index is 11.2. The Balaban J connectivity index is 2.35. The molecule has 2 aromatic carbocycles. The van der Waals surface area contributed by atoms with E-state index in [1.165, 1.54) is 12.1 Å². The van der Waals surface area contributed by atoms with Gasteiger partial charge in [0.15, 0.2) is 0 Å². The van der Waals surface area contributed by atoms with Crippen LogP contribution in [0.3, 0.4) is 0 Å². The van der Waals surface area contributed by atoms with Gasteiger partial charge in [-0.3, -0.25) is 25.7 Å². The molecule has 27 heavy (non-hydrogen) atoms. The molecule has 0 aliphatic rings. The number of aliphatic hydroxyl groups is 1. The van der Waals surface area contributed by atoms with Crippen molar-refractivity contribution in [1.29, 1.82) is 0 Å².